The molecule has 0 spiro atoms. The Morgan fingerprint density at radius 1 is 1.10 bits per heavy atom. The van der Waals surface area contributed by atoms with Gasteiger partial charge in [0.25, 0.3) is 0 Å². The van der Waals surface area contributed by atoms with Gasteiger partial charge in [-0.15, -0.1) is 0 Å². The van der Waals surface area contributed by atoms with Crippen LogP contribution < -0.4 is 10.0 Å². The standard InChI is InChI=1S/C15H22N2O3S/c18-15(16-11-13-7-3-1-4-8-13)17-21(19,20)12-14-9-5-2-6-10-14/h1,3-4,7-8,14H,2,5-6,9-12H2,(H2,16,17,18). The second-order valence-electron chi connectivity index (χ2n) is 5.56. The molecule has 6 heteroatoms. The third-order valence-corrected chi connectivity index (χ3v) is 5.13. The minimum absolute atomic E-state index is 0.0474. The third kappa shape index (κ3) is 5.75. The fourth-order valence-corrected chi connectivity index (χ4v) is 4.05. The van der Waals surface area contributed by atoms with Gasteiger partial charge in [-0.3, -0.25) is 0 Å². The number of hydrogen-bond donors (Lipinski definition) is 2. The monoisotopic (exact) mass is 310 g/mol. The van der Waals surface area contributed by atoms with Gasteiger partial charge in [0.1, 0.15) is 0 Å². The minimum atomic E-state index is -3.55. The molecule has 1 saturated carbocycles. The molecule has 0 aliphatic heterocycles. The summed E-state index contributed by atoms with van der Waals surface area (Å²) in [5.41, 5.74) is 0.928. The van der Waals surface area contributed by atoms with Crippen LogP contribution >= 0.6 is 0 Å². The summed E-state index contributed by atoms with van der Waals surface area (Å²) in [5, 5.41) is 2.56. The maximum Gasteiger partial charge on any atom is 0.328 e. The smallest absolute Gasteiger partial charge is 0.328 e. The van der Waals surface area contributed by atoms with Crippen molar-refractivity contribution < 1.29 is 13.2 Å². The van der Waals surface area contributed by atoms with E-state index in [9.17, 15) is 13.2 Å². The van der Waals surface area contributed by atoms with Crippen LogP contribution in [-0.2, 0) is 16.6 Å². The lowest BCUT2D eigenvalue weighted by atomic mass is 9.91. The van der Waals surface area contributed by atoms with Crippen molar-refractivity contribution >= 4 is 16.1 Å². The lowest BCUT2D eigenvalue weighted by molar-refractivity contribution is 0.245. The highest BCUT2D eigenvalue weighted by atomic mass is 32.2. The predicted octanol–water partition coefficient (Wildman–Crippen LogP) is 2.40. The quantitative estimate of drug-likeness (QED) is 0.877. The van der Waals surface area contributed by atoms with Crippen LogP contribution in [0.2, 0.25) is 0 Å². The molecular weight excluding hydrogens is 288 g/mol. The molecule has 2 N–H and O–H groups in total. The minimum Gasteiger partial charge on any atom is -0.333 e. The fourth-order valence-electron chi connectivity index (χ4n) is 2.66. The van der Waals surface area contributed by atoms with Gasteiger partial charge in [0.05, 0.1) is 5.75 Å². The van der Waals surface area contributed by atoms with Crippen LogP contribution in [0.25, 0.3) is 0 Å². The molecule has 5 nitrogen and oxygen atoms in total. The van der Waals surface area contributed by atoms with Crippen LogP contribution in [0.3, 0.4) is 0 Å². The molecule has 1 fully saturated rings. The molecule has 0 aromatic heterocycles. The number of sulfonamides is 1. The van der Waals surface area contributed by atoms with Crippen LogP contribution in [0.15, 0.2) is 30.3 Å². The number of amides is 2. The van der Waals surface area contributed by atoms with E-state index in [-0.39, 0.29) is 11.7 Å². The second-order valence-corrected chi connectivity index (χ2v) is 7.32. The Morgan fingerprint density at radius 2 is 1.76 bits per heavy atom. The van der Waals surface area contributed by atoms with Crippen LogP contribution in [0.5, 0.6) is 0 Å². The summed E-state index contributed by atoms with van der Waals surface area (Å²) >= 11 is 0. The van der Waals surface area contributed by atoms with E-state index in [1.807, 2.05) is 30.3 Å². The largest absolute Gasteiger partial charge is 0.333 e. The fraction of sp³-hybridized carbons (Fsp3) is 0.533. The maximum atomic E-state index is 11.9. The first kappa shape index (κ1) is 15.8. The van der Waals surface area contributed by atoms with E-state index in [4.69, 9.17) is 0 Å². The predicted molar refractivity (Wildman–Crippen MR) is 82.2 cm³/mol. The zero-order valence-electron chi connectivity index (χ0n) is 12.0. The van der Waals surface area contributed by atoms with E-state index in [0.717, 1.165) is 31.2 Å². The van der Waals surface area contributed by atoms with Gasteiger partial charge in [-0.05, 0) is 24.3 Å². The first-order valence-electron chi connectivity index (χ1n) is 7.37. The summed E-state index contributed by atoms with van der Waals surface area (Å²) in [6, 6.07) is 8.71. The number of benzene rings is 1. The lowest BCUT2D eigenvalue weighted by Gasteiger charge is -2.21. The average Bonchev–Trinajstić information content (AvgIpc) is 2.46. The number of carbonyl (C=O) groups is 1. The first-order chi connectivity index (χ1) is 10.1. The van der Waals surface area contributed by atoms with Gasteiger partial charge in [0.15, 0.2) is 0 Å². The Hall–Kier alpha value is -1.56. The van der Waals surface area contributed by atoms with Crippen LogP contribution in [0.4, 0.5) is 4.79 Å². The number of nitrogens with one attached hydrogen (secondary N) is 2. The molecule has 0 radical (unpaired) electrons. The second kappa shape index (κ2) is 7.45. The Morgan fingerprint density at radius 3 is 2.43 bits per heavy atom. The molecule has 0 saturated heterocycles. The van der Waals surface area contributed by atoms with E-state index in [1.54, 1.807) is 0 Å². The van der Waals surface area contributed by atoms with Crippen LogP contribution in [0.1, 0.15) is 37.7 Å². The summed E-state index contributed by atoms with van der Waals surface area (Å²) in [6.45, 7) is 0.311. The molecular formula is C15H22N2O3S. The zero-order valence-corrected chi connectivity index (χ0v) is 12.9. The van der Waals surface area contributed by atoms with Crippen molar-refractivity contribution in [3.63, 3.8) is 0 Å². The van der Waals surface area contributed by atoms with Gasteiger partial charge in [0, 0.05) is 6.54 Å². The summed E-state index contributed by atoms with van der Waals surface area (Å²) in [7, 11) is -3.55. The number of hydrogen-bond acceptors (Lipinski definition) is 3. The Balaban J connectivity index is 1.77. The van der Waals surface area contributed by atoms with Gasteiger partial charge in [-0.25, -0.2) is 17.9 Å². The average molecular weight is 310 g/mol. The van der Waals surface area contributed by atoms with Gasteiger partial charge in [-0.1, -0.05) is 49.6 Å². The van der Waals surface area contributed by atoms with Crippen molar-refractivity contribution in [2.75, 3.05) is 5.75 Å². The third-order valence-electron chi connectivity index (χ3n) is 3.72. The summed E-state index contributed by atoms with van der Waals surface area (Å²) < 4.78 is 26.0. The summed E-state index contributed by atoms with van der Waals surface area (Å²) in [5.74, 6) is 0.226. The van der Waals surface area contributed by atoms with Crippen molar-refractivity contribution in [1.82, 2.24) is 10.0 Å². The number of rotatable bonds is 5. The van der Waals surface area contributed by atoms with Crippen molar-refractivity contribution in [1.29, 1.82) is 0 Å². The molecule has 0 unspecified atom stereocenters. The van der Waals surface area contributed by atoms with Crippen LogP contribution in [0, 0.1) is 5.92 Å². The van der Waals surface area contributed by atoms with Crippen molar-refractivity contribution in [2.24, 2.45) is 5.92 Å². The molecule has 1 aliphatic rings. The van der Waals surface area contributed by atoms with Crippen LogP contribution in [-0.4, -0.2) is 20.2 Å². The van der Waals surface area contributed by atoms with E-state index in [0.29, 0.717) is 6.54 Å². The van der Waals surface area contributed by atoms with Gasteiger partial charge in [0.2, 0.25) is 10.0 Å². The van der Waals surface area contributed by atoms with Gasteiger partial charge >= 0.3 is 6.03 Å². The normalized spacial score (nSPS) is 16.4. The van der Waals surface area contributed by atoms with E-state index >= 15 is 0 Å². The Bertz CT molecular complexity index is 552. The molecule has 1 aromatic rings. The highest BCUT2D eigenvalue weighted by Gasteiger charge is 2.22. The first-order valence-corrected chi connectivity index (χ1v) is 9.03. The van der Waals surface area contributed by atoms with E-state index < -0.39 is 16.1 Å². The Kier molecular flexibility index (Phi) is 5.61. The molecule has 1 aromatic carbocycles. The van der Waals surface area contributed by atoms with E-state index in [2.05, 4.69) is 10.0 Å². The van der Waals surface area contributed by atoms with E-state index in [1.165, 1.54) is 6.42 Å². The summed E-state index contributed by atoms with van der Waals surface area (Å²) in [6.07, 6.45) is 5.22. The molecule has 0 atom stereocenters. The number of urea groups is 1. The molecule has 116 valence electrons. The SMILES string of the molecule is O=C(NCc1ccccc1)NS(=O)(=O)CC1CCCCC1. The molecule has 1 aliphatic carbocycles. The topological polar surface area (TPSA) is 75.3 Å². The van der Waals surface area contributed by atoms with Gasteiger partial charge < -0.3 is 5.32 Å². The molecule has 0 bridgehead atoms. The van der Waals surface area contributed by atoms with Crippen molar-refractivity contribution in [3.05, 3.63) is 35.9 Å². The molecule has 0 heterocycles. The van der Waals surface area contributed by atoms with Crippen molar-refractivity contribution in [3.8, 4) is 0 Å². The molecule has 21 heavy (non-hydrogen) atoms. The van der Waals surface area contributed by atoms with Crippen molar-refractivity contribution in [2.45, 2.75) is 38.6 Å². The maximum absolute atomic E-state index is 11.9. The zero-order chi connectivity index (χ0) is 15.1. The molecule has 2 rings (SSSR count). The molecule has 2 amide bonds. The highest BCUT2D eigenvalue weighted by Crippen LogP contribution is 2.24. The highest BCUT2D eigenvalue weighted by molar-refractivity contribution is 7.90. The summed E-state index contributed by atoms with van der Waals surface area (Å²) in [4.78, 5) is 11.7. The Labute approximate surface area is 126 Å². The lowest BCUT2D eigenvalue weighted by Crippen LogP contribution is -2.41. The number of carbonyl (C=O) groups excluding carboxylic acids is 1. The van der Waals surface area contributed by atoms with Gasteiger partial charge in [-0.2, -0.15) is 0 Å².